The lowest BCUT2D eigenvalue weighted by Gasteiger charge is -2.13. The van der Waals surface area contributed by atoms with Crippen LogP contribution in [0.25, 0.3) is 0 Å². The number of aromatic amines is 1. The monoisotopic (exact) mass is 286 g/mol. The average Bonchev–Trinajstić information content (AvgIpc) is 2.31. The molecule has 1 aromatic rings. The van der Waals surface area contributed by atoms with E-state index < -0.39 is 11.2 Å². The lowest BCUT2D eigenvalue weighted by atomic mass is 10.1. The molecule has 2 N–H and O–H groups in total. The zero-order valence-electron chi connectivity index (χ0n) is 11.7. The molecule has 108 valence electrons. The molecule has 1 heterocycles. The summed E-state index contributed by atoms with van der Waals surface area (Å²) >= 11 is 1.80. The molecule has 0 bridgehead atoms. The molecule has 5 nitrogen and oxygen atoms in total. The molecule has 0 amide bonds. The zero-order valence-corrected chi connectivity index (χ0v) is 12.5. The number of rotatable bonds is 7. The van der Waals surface area contributed by atoms with Gasteiger partial charge in [-0.05, 0) is 30.8 Å². The SMILES string of the molecule is CSCCCCCn1c(O)c(C(C)C)c(=O)[nH]c1=O. The largest absolute Gasteiger partial charge is 0.494 e. The fourth-order valence-electron chi connectivity index (χ4n) is 2.00. The topological polar surface area (TPSA) is 75.1 Å². The molecule has 1 aromatic heterocycles. The Kier molecular flexibility index (Phi) is 6.21. The van der Waals surface area contributed by atoms with Crippen LogP contribution < -0.4 is 11.2 Å². The normalized spacial score (nSPS) is 11.2. The van der Waals surface area contributed by atoms with E-state index in [1.54, 1.807) is 11.8 Å². The second-order valence-electron chi connectivity index (χ2n) is 4.86. The Bertz CT molecular complexity index is 520. The molecule has 0 atom stereocenters. The van der Waals surface area contributed by atoms with Crippen LogP contribution in [0.1, 0.15) is 44.6 Å². The van der Waals surface area contributed by atoms with Gasteiger partial charge >= 0.3 is 5.69 Å². The van der Waals surface area contributed by atoms with E-state index in [0.717, 1.165) is 25.0 Å². The highest BCUT2D eigenvalue weighted by molar-refractivity contribution is 7.98. The van der Waals surface area contributed by atoms with Crippen LogP contribution in [0.4, 0.5) is 0 Å². The predicted octanol–water partition coefficient (Wildman–Crippen LogP) is 1.90. The highest BCUT2D eigenvalue weighted by Crippen LogP contribution is 2.19. The fraction of sp³-hybridized carbons (Fsp3) is 0.692. The summed E-state index contributed by atoms with van der Waals surface area (Å²) in [6.07, 6.45) is 4.98. The van der Waals surface area contributed by atoms with Crippen molar-refractivity contribution >= 4 is 11.8 Å². The van der Waals surface area contributed by atoms with Gasteiger partial charge in [-0.2, -0.15) is 11.8 Å². The number of hydrogen-bond acceptors (Lipinski definition) is 4. The standard InChI is InChI=1S/C13H22N2O3S/c1-9(2)10-11(16)14-13(18)15(12(10)17)7-5-4-6-8-19-3/h9,17H,4-8H2,1-3H3,(H,14,16,18). The van der Waals surface area contributed by atoms with E-state index in [2.05, 4.69) is 11.2 Å². The van der Waals surface area contributed by atoms with Gasteiger partial charge in [0.2, 0.25) is 5.88 Å². The second kappa shape index (κ2) is 7.43. The first kappa shape index (κ1) is 15.9. The molecule has 0 unspecified atom stereocenters. The molecule has 0 aromatic carbocycles. The van der Waals surface area contributed by atoms with Crippen molar-refractivity contribution in [3.63, 3.8) is 0 Å². The first-order valence-electron chi connectivity index (χ1n) is 6.54. The molecule has 0 aliphatic rings. The molecule has 1 rings (SSSR count). The van der Waals surface area contributed by atoms with Crippen molar-refractivity contribution in [1.29, 1.82) is 0 Å². The van der Waals surface area contributed by atoms with Crippen molar-refractivity contribution in [2.75, 3.05) is 12.0 Å². The van der Waals surface area contributed by atoms with Crippen molar-refractivity contribution in [1.82, 2.24) is 9.55 Å². The summed E-state index contributed by atoms with van der Waals surface area (Å²) in [4.78, 5) is 25.6. The van der Waals surface area contributed by atoms with E-state index in [4.69, 9.17) is 0 Å². The molecular formula is C13H22N2O3S. The summed E-state index contributed by atoms with van der Waals surface area (Å²) < 4.78 is 1.26. The van der Waals surface area contributed by atoms with E-state index in [1.807, 2.05) is 13.8 Å². The smallest absolute Gasteiger partial charge is 0.331 e. The Balaban J connectivity index is 2.86. The van der Waals surface area contributed by atoms with Gasteiger partial charge in [-0.1, -0.05) is 20.3 Å². The molecule has 0 aliphatic carbocycles. The number of aromatic nitrogens is 2. The van der Waals surface area contributed by atoms with Gasteiger partial charge in [-0.3, -0.25) is 14.3 Å². The average molecular weight is 286 g/mol. The summed E-state index contributed by atoms with van der Waals surface area (Å²) in [5.74, 6) is 0.796. The predicted molar refractivity (Wildman–Crippen MR) is 79.3 cm³/mol. The summed E-state index contributed by atoms with van der Waals surface area (Å²) in [6.45, 7) is 4.07. The minimum Gasteiger partial charge on any atom is -0.494 e. The number of nitrogens with one attached hydrogen (secondary N) is 1. The van der Waals surface area contributed by atoms with Crippen molar-refractivity contribution in [2.45, 2.75) is 45.6 Å². The minimum absolute atomic E-state index is 0.118. The van der Waals surface area contributed by atoms with Crippen LogP contribution in [0.3, 0.4) is 0 Å². The molecule has 0 spiro atoms. The Morgan fingerprint density at radius 2 is 1.95 bits per heavy atom. The summed E-state index contributed by atoms with van der Waals surface area (Å²) in [6, 6.07) is 0. The Morgan fingerprint density at radius 1 is 1.26 bits per heavy atom. The number of aromatic hydroxyl groups is 1. The molecule has 6 heteroatoms. The van der Waals surface area contributed by atoms with Crippen LogP contribution in [-0.4, -0.2) is 26.7 Å². The number of nitrogens with zero attached hydrogens (tertiary/aromatic N) is 1. The van der Waals surface area contributed by atoms with Crippen molar-refractivity contribution in [3.8, 4) is 5.88 Å². The first-order chi connectivity index (χ1) is 8.99. The zero-order chi connectivity index (χ0) is 14.4. The van der Waals surface area contributed by atoms with Crippen LogP contribution in [-0.2, 0) is 6.54 Å². The quantitative estimate of drug-likeness (QED) is 0.751. The van der Waals surface area contributed by atoms with E-state index in [1.165, 1.54) is 4.57 Å². The van der Waals surface area contributed by atoms with Crippen molar-refractivity contribution < 1.29 is 5.11 Å². The lowest BCUT2D eigenvalue weighted by molar-refractivity contribution is 0.384. The van der Waals surface area contributed by atoms with Gasteiger partial charge in [0.25, 0.3) is 5.56 Å². The van der Waals surface area contributed by atoms with Gasteiger partial charge in [0.1, 0.15) is 0 Å². The van der Waals surface area contributed by atoms with E-state index in [-0.39, 0.29) is 17.4 Å². The van der Waals surface area contributed by atoms with Crippen LogP contribution >= 0.6 is 11.8 Å². The Morgan fingerprint density at radius 3 is 2.53 bits per heavy atom. The van der Waals surface area contributed by atoms with Gasteiger partial charge in [0.15, 0.2) is 0 Å². The van der Waals surface area contributed by atoms with Gasteiger partial charge < -0.3 is 5.11 Å². The van der Waals surface area contributed by atoms with Crippen molar-refractivity contribution in [2.24, 2.45) is 0 Å². The Labute approximate surface area is 117 Å². The molecule has 0 radical (unpaired) electrons. The highest BCUT2D eigenvalue weighted by atomic mass is 32.2. The number of hydrogen-bond donors (Lipinski definition) is 2. The third-order valence-electron chi connectivity index (χ3n) is 3.01. The van der Waals surface area contributed by atoms with E-state index in [0.29, 0.717) is 6.54 Å². The molecule has 0 aliphatic heterocycles. The third-order valence-corrected chi connectivity index (χ3v) is 3.71. The maximum absolute atomic E-state index is 11.7. The van der Waals surface area contributed by atoms with Crippen LogP contribution in [0, 0.1) is 0 Å². The Hall–Kier alpha value is -1.17. The summed E-state index contributed by atoms with van der Waals surface area (Å²) in [5.41, 5.74) is -0.739. The van der Waals surface area contributed by atoms with Crippen molar-refractivity contribution in [3.05, 3.63) is 26.4 Å². The van der Waals surface area contributed by atoms with Gasteiger partial charge in [-0.15, -0.1) is 0 Å². The fourth-order valence-corrected chi connectivity index (χ4v) is 2.49. The van der Waals surface area contributed by atoms with E-state index in [9.17, 15) is 14.7 Å². The molecule has 0 saturated carbocycles. The maximum Gasteiger partial charge on any atom is 0.331 e. The minimum atomic E-state index is -0.531. The summed E-state index contributed by atoms with van der Waals surface area (Å²) in [5, 5.41) is 10.1. The van der Waals surface area contributed by atoms with Gasteiger partial charge in [0.05, 0.1) is 5.56 Å². The summed E-state index contributed by atoms with van der Waals surface area (Å²) in [7, 11) is 0. The number of thioether (sulfide) groups is 1. The van der Waals surface area contributed by atoms with Crippen LogP contribution in [0.5, 0.6) is 5.88 Å². The molecule has 0 saturated heterocycles. The third kappa shape index (κ3) is 4.16. The molecular weight excluding hydrogens is 264 g/mol. The number of unbranched alkanes of at least 4 members (excludes halogenated alkanes) is 2. The maximum atomic E-state index is 11.7. The van der Waals surface area contributed by atoms with Gasteiger partial charge in [0, 0.05) is 6.54 Å². The van der Waals surface area contributed by atoms with Crippen LogP contribution in [0.2, 0.25) is 0 Å². The number of H-pyrrole nitrogens is 1. The second-order valence-corrected chi connectivity index (χ2v) is 5.84. The van der Waals surface area contributed by atoms with Crippen LogP contribution in [0.15, 0.2) is 9.59 Å². The molecule has 0 fully saturated rings. The van der Waals surface area contributed by atoms with E-state index >= 15 is 0 Å². The molecule has 19 heavy (non-hydrogen) atoms. The highest BCUT2D eigenvalue weighted by Gasteiger charge is 2.16. The first-order valence-corrected chi connectivity index (χ1v) is 7.93. The van der Waals surface area contributed by atoms with Gasteiger partial charge in [-0.25, -0.2) is 4.79 Å². The lowest BCUT2D eigenvalue weighted by Crippen LogP contribution is -2.32.